The van der Waals surface area contributed by atoms with Gasteiger partial charge in [-0.3, -0.25) is 9.67 Å². The number of aromatic nitrogens is 3. The lowest BCUT2D eigenvalue weighted by molar-refractivity contribution is -0.117. The molecule has 37 heavy (non-hydrogen) atoms. The van der Waals surface area contributed by atoms with Crippen molar-refractivity contribution in [1.82, 2.24) is 20.1 Å². The van der Waals surface area contributed by atoms with Crippen LogP contribution in [0.3, 0.4) is 0 Å². The first kappa shape index (κ1) is 30.5. The molecule has 0 atom stereocenters. The smallest absolute Gasteiger partial charge is 0.129 e. The Morgan fingerprint density at radius 2 is 1.81 bits per heavy atom. The Labute approximate surface area is 224 Å². The molecule has 0 bridgehead atoms. The minimum atomic E-state index is 0.193. The number of piperazine rings is 1. The standard InChI is InChI=1S/C15H25N3.C11H14N2.C5H10O/c1-5-6-13-12(2)16-8-7-14(13)18-10-9-17-15(3,4)11-18;1-3-4-9-5-6-11-10(7-9)8-13(2)12-11;1-3-4-5(2)6/h7-8,17H,5-6,9-11H2,1-4H3;5-8H,3-4H2,1-2H3;3-4H2,1-2H3. The molecule has 2 aromatic heterocycles. The van der Waals surface area contributed by atoms with Crippen molar-refractivity contribution >= 4 is 22.4 Å². The van der Waals surface area contributed by atoms with E-state index in [2.05, 4.69) is 85.4 Å². The maximum atomic E-state index is 10.0. The molecule has 0 unspecified atom stereocenters. The van der Waals surface area contributed by atoms with E-state index in [0.717, 1.165) is 50.8 Å². The zero-order valence-electron chi connectivity index (χ0n) is 24.5. The van der Waals surface area contributed by atoms with Crippen molar-refractivity contribution in [3.05, 3.63) is 53.5 Å². The SMILES string of the molecule is CCCC(C)=O.CCCc1c(N2CCNC(C)(C)C2)ccnc1C.CCCc1ccc2nn(C)cc2c1. The number of pyridine rings is 1. The van der Waals surface area contributed by atoms with Crippen LogP contribution in [0.1, 0.15) is 84.0 Å². The number of benzene rings is 1. The Morgan fingerprint density at radius 3 is 2.41 bits per heavy atom. The second-order valence-corrected chi connectivity index (χ2v) is 10.8. The van der Waals surface area contributed by atoms with Crippen molar-refractivity contribution in [2.45, 2.75) is 92.5 Å². The molecule has 4 rings (SSSR count). The van der Waals surface area contributed by atoms with Crippen LogP contribution in [0.15, 0.2) is 36.7 Å². The Hall–Kier alpha value is -2.73. The van der Waals surface area contributed by atoms with E-state index in [-0.39, 0.29) is 11.3 Å². The predicted octanol–water partition coefficient (Wildman–Crippen LogP) is 6.43. The molecule has 1 aromatic carbocycles. The number of hydrogen-bond donors (Lipinski definition) is 1. The van der Waals surface area contributed by atoms with Gasteiger partial charge in [-0.1, -0.05) is 39.7 Å². The minimum absolute atomic E-state index is 0.193. The molecule has 1 fully saturated rings. The number of carbonyl (C=O) groups excluding carboxylic acids is 1. The maximum Gasteiger partial charge on any atom is 0.129 e. The van der Waals surface area contributed by atoms with Gasteiger partial charge in [-0.25, -0.2) is 0 Å². The van der Waals surface area contributed by atoms with Crippen LogP contribution in [0.5, 0.6) is 0 Å². The van der Waals surface area contributed by atoms with Gasteiger partial charge in [0.15, 0.2) is 0 Å². The van der Waals surface area contributed by atoms with Crippen LogP contribution in [0.2, 0.25) is 0 Å². The summed E-state index contributed by atoms with van der Waals surface area (Å²) >= 11 is 0. The molecule has 1 saturated heterocycles. The van der Waals surface area contributed by atoms with Gasteiger partial charge in [-0.2, -0.15) is 5.10 Å². The molecule has 3 aromatic rings. The molecule has 0 amide bonds. The van der Waals surface area contributed by atoms with E-state index in [9.17, 15) is 4.79 Å². The van der Waals surface area contributed by atoms with Gasteiger partial charge in [0.25, 0.3) is 0 Å². The van der Waals surface area contributed by atoms with Crippen LogP contribution in [0.25, 0.3) is 10.9 Å². The fourth-order valence-electron chi connectivity index (χ4n) is 4.78. The number of rotatable bonds is 7. The van der Waals surface area contributed by atoms with Crippen molar-refractivity contribution in [2.24, 2.45) is 7.05 Å². The number of Topliss-reactive ketones (excluding diaryl/α,β-unsaturated/α-hetero) is 1. The monoisotopic (exact) mass is 507 g/mol. The molecule has 0 saturated carbocycles. The van der Waals surface area contributed by atoms with Crippen LogP contribution in [0, 0.1) is 6.92 Å². The van der Waals surface area contributed by atoms with Crippen LogP contribution in [-0.4, -0.2) is 45.7 Å². The molecule has 3 heterocycles. The highest BCUT2D eigenvalue weighted by Crippen LogP contribution is 2.26. The van der Waals surface area contributed by atoms with Gasteiger partial charge in [-0.15, -0.1) is 0 Å². The zero-order valence-corrected chi connectivity index (χ0v) is 24.5. The summed E-state index contributed by atoms with van der Waals surface area (Å²) in [4.78, 5) is 17.0. The molecule has 1 aliphatic rings. The highest BCUT2D eigenvalue weighted by Gasteiger charge is 2.27. The van der Waals surface area contributed by atoms with Crippen molar-refractivity contribution in [1.29, 1.82) is 0 Å². The molecule has 0 spiro atoms. The Kier molecular flexibility index (Phi) is 12.3. The van der Waals surface area contributed by atoms with Crippen LogP contribution < -0.4 is 10.2 Å². The number of aryl methyl sites for hydroxylation is 3. The van der Waals surface area contributed by atoms with E-state index in [4.69, 9.17) is 0 Å². The first-order valence-corrected chi connectivity index (χ1v) is 14.0. The minimum Gasteiger partial charge on any atom is -0.368 e. The van der Waals surface area contributed by atoms with Gasteiger partial charge in [0.05, 0.1) is 5.52 Å². The van der Waals surface area contributed by atoms with Gasteiger partial charge in [0, 0.05) is 67.8 Å². The van der Waals surface area contributed by atoms with E-state index in [1.807, 2.05) is 24.9 Å². The Balaban J connectivity index is 0.000000221. The molecule has 6 nitrogen and oxygen atoms in total. The molecular formula is C31H49N5O. The number of anilines is 1. The molecular weight excluding hydrogens is 458 g/mol. The van der Waals surface area contributed by atoms with Crippen LogP contribution >= 0.6 is 0 Å². The third-order valence-electron chi connectivity index (χ3n) is 6.48. The molecule has 0 radical (unpaired) electrons. The van der Waals surface area contributed by atoms with Gasteiger partial charge in [0.1, 0.15) is 5.78 Å². The van der Waals surface area contributed by atoms with E-state index in [1.165, 1.54) is 40.7 Å². The topological polar surface area (TPSA) is 63.1 Å². The van der Waals surface area contributed by atoms with Gasteiger partial charge in [0.2, 0.25) is 0 Å². The summed E-state index contributed by atoms with van der Waals surface area (Å²) in [5.41, 5.74) is 6.69. The Morgan fingerprint density at radius 1 is 1.08 bits per heavy atom. The highest BCUT2D eigenvalue weighted by atomic mass is 16.1. The van der Waals surface area contributed by atoms with Gasteiger partial charge >= 0.3 is 0 Å². The van der Waals surface area contributed by atoms with Gasteiger partial charge < -0.3 is 15.0 Å². The number of carbonyl (C=O) groups is 1. The summed E-state index contributed by atoms with van der Waals surface area (Å²) in [6, 6.07) is 8.67. The summed E-state index contributed by atoms with van der Waals surface area (Å²) in [6.45, 7) is 17.9. The van der Waals surface area contributed by atoms with E-state index in [1.54, 1.807) is 6.92 Å². The molecule has 0 aliphatic carbocycles. The highest BCUT2D eigenvalue weighted by molar-refractivity contribution is 5.78. The van der Waals surface area contributed by atoms with Crippen LogP contribution in [-0.2, 0) is 24.7 Å². The van der Waals surface area contributed by atoms with Crippen molar-refractivity contribution < 1.29 is 4.79 Å². The van der Waals surface area contributed by atoms with Crippen molar-refractivity contribution in [2.75, 3.05) is 24.5 Å². The summed E-state index contributed by atoms with van der Waals surface area (Å²) in [7, 11) is 1.96. The average molecular weight is 508 g/mol. The van der Waals surface area contributed by atoms with Crippen LogP contribution in [0.4, 0.5) is 5.69 Å². The lowest BCUT2D eigenvalue weighted by Crippen LogP contribution is -2.57. The number of hydrogen-bond acceptors (Lipinski definition) is 5. The summed E-state index contributed by atoms with van der Waals surface area (Å²) in [5.74, 6) is 0.289. The third-order valence-corrected chi connectivity index (χ3v) is 6.48. The molecule has 1 N–H and O–H groups in total. The quantitative estimate of drug-likeness (QED) is 0.399. The fraction of sp³-hybridized carbons (Fsp3) is 0.581. The molecule has 204 valence electrons. The van der Waals surface area contributed by atoms with Crippen molar-refractivity contribution in [3.8, 4) is 0 Å². The third kappa shape index (κ3) is 9.92. The second kappa shape index (κ2) is 14.9. The fourth-order valence-corrected chi connectivity index (χ4v) is 4.78. The number of fused-ring (bicyclic) bond motifs is 1. The molecule has 6 heteroatoms. The number of ketones is 1. The van der Waals surface area contributed by atoms with E-state index >= 15 is 0 Å². The van der Waals surface area contributed by atoms with Crippen molar-refractivity contribution in [3.63, 3.8) is 0 Å². The number of nitrogens with zero attached hydrogens (tertiary/aromatic N) is 4. The summed E-state index contributed by atoms with van der Waals surface area (Å²) in [6.07, 6.45) is 10.4. The van der Waals surface area contributed by atoms with Gasteiger partial charge in [-0.05, 0) is 76.3 Å². The zero-order chi connectivity index (χ0) is 27.4. The predicted molar refractivity (Wildman–Crippen MR) is 158 cm³/mol. The van der Waals surface area contributed by atoms with E-state index in [0.29, 0.717) is 0 Å². The average Bonchev–Trinajstić information content (AvgIpc) is 3.20. The summed E-state index contributed by atoms with van der Waals surface area (Å²) in [5, 5.41) is 9.14. The Bertz CT molecular complexity index is 1120. The summed E-state index contributed by atoms with van der Waals surface area (Å²) < 4.78 is 1.86. The normalized spacial score (nSPS) is 14.4. The lowest BCUT2D eigenvalue weighted by Gasteiger charge is -2.41. The largest absolute Gasteiger partial charge is 0.368 e. The first-order valence-electron chi connectivity index (χ1n) is 14.0. The first-order chi connectivity index (χ1) is 17.6. The second-order valence-electron chi connectivity index (χ2n) is 10.8. The van der Waals surface area contributed by atoms with E-state index < -0.39 is 0 Å². The maximum absolute atomic E-state index is 10.0. The number of nitrogens with one attached hydrogen (secondary N) is 1. The lowest BCUT2D eigenvalue weighted by atomic mass is 9.99. The molecule has 1 aliphatic heterocycles.